The maximum Gasteiger partial charge on any atom is 0.244 e. The van der Waals surface area contributed by atoms with Crippen molar-refractivity contribution in [2.24, 2.45) is 0 Å². The number of amides is 1. The Hall–Kier alpha value is -2.71. The van der Waals surface area contributed by atoms with Gasteiger partial charge in [-0.15, -0.1) is 0 Å². The first-order chi connectivity index (χ1) is 12.2. The lowest BCUT2D eigenvalue weighted by molar-refractivity contribution is -0.115. The second-order valence-corrected chi connectivity index (χ2v) is 7.40. The van der Waals surface area contributed by atoms with Crippen molar-refractivity contribution in [2.45, 2.75) is 18.7 Å². The third-order valence-electron chi connectivity index (χ3n) is 3.58. The molecule has 26 heavy (non-hydrogen) atoms. The summed E-state index contributed by atoms with van der Waals surface area (Å²) in [5, 5.41) is 2.55. The Kier molecular flexibility index (Phi) is 6.12. The lowest BCUT2D eigenvalue weighted by Gasteiger charge is -2.12. The van der Waals surface area contributed by atoms with E-state index in [2.05, 4.69) is 10.0 Å². The van der Waals surface area contributed by atoms with Crippen molar-refractivity contribution in [3.05, 3.63) is 53.6 Å². The summed E-state index contributed by atoms with van der Waals surface area (Å²) in [5.74, 6) is -0.494. The largest absolute Gasteiger partial charge is 0.495 e. The molecule has 138 valence electrons. The number of sulfonamides is 1. The number of benzene rings is 2. The molecule has 0 aliphatic rings. The first-order valence-electron chi connectivity index (χ1n) is 7.78. The molecule has 2 aromatic carbocycles. The second-order valence-electron chi connectivity index (χ2n) is 5.66. The summed E-state index contributed by atoms with van der Waals surface area (Å²) in [6, 6.07) is 11.2. The molecule has 0 saturated carbocycles. The molecule has 0 aliphatic heterocycles. The Labute approximate surface area is 152 Å². The number of Topliss-reactive ketones (excluding diaryl/α,β-unsaturated/α-hetero) is 1. The first-order valence-corrected chi connectivity index (χ1v) is 9.26. The summed E-state index contributed by atoms with van der Waals surface area (Å²) >= 11 is 0. The van der Waals surface area contributed by atoms with Gasteiger partial charge in [0.15, 0.2) is 5.78 Å². The number of methoxy groups -OCH3 is 1. The van der Waals surface area contributed by atoms with E-state index in [1.54, 1.807) is 37.3 Å². The van der Waals surface area contributed by atoms with Gasteiger partial charge < -0.3 is 10.1 Å². The molecule has 0 atom stereocenters. The van der Waals surface area contributed by atoms with Gasteiger partial charge in [-0.05, 0) is 43.7 Å². The molecule has 1 amide bonds. The molecule has 8 heteroatoms. The zero-order valence-corrected chi connectivity index (χ0v) is 15.5. The zero-order chi connectivity index (χ0) is 19.3. The maximum absolute atomic E-state index is 12.4. The van der Waals surface area contributed by atoms with E-state index in [9.17, 15) is 18.0 Å². The van der Waals surface area contributed by atoms with Crippen LogP contribution in [0, 0.1) is 6.92 Å². The molecule has 0 spiro atoms. The smallest absolute Gasteiger partial charge is 0.244 e. The number of hydrogen-bond donors (Lipinski definition) is 2. The Bertz CT molecular complexity index is 938. The predicted octanol–water partition coefficient (Wildman–Crippen LogP) is 2.12. The summed E-state index contributed by atoms with van der Waals surface area (Å²) in [5.41, 5.74) is 1.61. The van der Waals surface area contributed by atoms with Crippen LogP contribution in [0.1, 0.15) is 22.8 Å². The minimum Gasteiger partial charge on any atom is -0.495 e. The third-order valence-corrected chi connectivity index (χ3v) is 5.01. The van der Waals surface area contributed by atoms with Gasteiger partial charge in [0.25, 0.3) is 0 Å². The summed E-state index contributed by atoms with van der Waals surface area (Å²) in [7, 11) is -2.55. The van der Waals surface area contributed by atoms with Crippen molar-refractivity contribution >= 4 is 27.4 Å². The van der Waals surface area contributed by atoms with E-state index in [0.29, 0.717) is 11.3 Å². The minimum absolute atomic E-state index is 0.0358. The standard InChI is InChI=1S/C18H20N2O5S/c1-12-7-8-16(25-3)17(9-12)26(23,24)19-11-18(22)20-15-6-4-5-14(10-15)13(2)21/h4-10,19H,11H2,1-3H3,(H,20,22). The van der Waals surface area contributed by atoms with Crippen molar-refractivity contribution in [3.8, 4) is 5.75 Å². The summed E-state index contributed by atoms with van der Waals surface area (Å²) in [4.78, 5) is 23.4. The number of hydrogen-bond acceptors (Lipinski definition) is 5. The quantitative estimate of drug-likeness (QED) is 0.721. The maximum atomic E-state index is 12.4. The van der Waals surface area contributed by atoms with Crippen molar-refractivity contribution in [1.82, 2.24) is 4.72 Å². The van der Waals surface area contributed by atoms with E-state index < -0.39 is 22.5 Å². The number of carbonyl (C=O) groups is 2. The Morgan fingerprint density at radius 2 is 1.85 bits per heavy atom. The Morgan fingerprint density at radius 3 is 2.50 bits per heavy atom. The van der Waals surface area contributed by atoms with Crippen LogP contribution in [0.2, 0.25) is 0 Å². The van der Waals surface area contributed by atoms with Gasteiger partial charge in [-0.25, -0.2) is 13.1 Å². The molecule has 0 fully saturated rings. The van der Waals surface area contributed by atoms with E-state index in [1.807, 2.05) is 0 Å². The SMILES string of the molecule is COc1ccc(C)cc1S(=O)(=O)NCC(=O)Nc1cccc(C(C)=O)c1. The Balaban J connectivity index is 2.08. The highest BCUT2D eigenvalue weighted by molar-refractivity contribution is 7.89. The highest BCUT2D eigenvalue weighted by Crippen LogP contribution is 2.24. The monoisotopic (exact) mass is 376 g/mol. The number of rotatable bonds is 7. The molecule has 2 aromatic rings. The van der Waals surface area contributed by atoms with Crippen LogP contribution in [0.15, 0.2) is 47.4 Å². The number of ketones is 1. The van der Waals surface area contributed by atoms with Gasteiger partial charge in [0.1, 0.15) is 10.6 Å². The molecule has 2 N–H and O–H groups in total. The lowest BCUT2D eigenvalue weighted by atomic mass is 10.1. The fraction of sp³-hybridized carbons (Fsp3) is 0.222. The van der Waals surface area contributed by atoms with Crippen LogP contribution < -0.4 is 14.8 Å². The number of anilines is 1. The van der Waals surface area contributed by atoms with E-state index >= 15 is 0 Å². The molecule has 2 rings (SSSR count). The molecular weight excluding hydrogens is 356 g/mol. The van der Waals surface area contributed by atoms with Crippen molar-refractivity contribution in [2.75, 3.05) is 19.0 Å². The second kappa shape index (κ2) is 8.11. The number of aryl methyl sites for hydroxylation is 1. The molecular formula is C18H20N2O5S. The molecule has 0 bridgehead atoms. The first kappa shape index (κ1) is 19.6. The van der Waals surface area contributed by atoms with Crippen LogP contribution in [0.5, 0.6) is 5.75 Å². The lowest BCUT2D eigenvalue weighted by Crippen LogP contribution is -2.33. The van der Waals surface area contributed by atoms with E-state index in [4.69, 9.17) is 4.74 Å². The summed E-state index contributed by atoms with van der Waals surface area (Å²) in [6.07, 6.45) is 0. The van der Waals surface area contributed by atoms with E-state index in [-0.39, 0.29) is 16.4 Å². The fourth-order valence-corrected chi connectivity index (χ4v) is 3.49. The van der Waals surface area contributed by atoms with Crippen molar-refractivity contribution in [3.63, 3.8) is 0 Å². The van der Waals surface area contributed by atoms with Gasteiger partial charge in [-0.1, -0.05) is 18.2 Å². The van der Waals surface area contributed by atoms with Crippen LogP contribution in [0.3, 0.4) is 0 Å². The molecule has 0 unspecified atom stereocenters. The molecule has 0 aliphatic carbocycles. The molecule has 7 nitrogen and oxygen atoms in total. The fourth-order valence-electron chi connectivity index (χ4n) is 2.25. The van der Waals surface area contributed by atoms with Crippen LogP contribution in [-0.2, 0) is 14.8 Å². The Morgan fingerprint density at radius 1 is 1.12 bits per heavy atom. The predicted molar refractivity (Wildman–Crippen MR) is 98.0 cm³/mol. The average Bonchev–Trinajstić information content (AvgIpc) is 2.60. The van der Waals surface area contributed by atoms with E-state index in [1.165, 1.54) is 26.2 Å². The molecule has 0 radical (unpaired) electrons. The van der Waals surface area contributed by atoms with Gasteiger partial charge in [-0.3, -0.25) is 9.59 Å². The highest BCUT2D eigenvalue weighted by atomic mass is 32.2. The summed E-state index contributed by atoms with van der Waals surface area (Å²) in [6.45, 7) is 2.72. The summed E-state index contributed by atoms with van der Waals surface area (Å²) < 4.78 is 32.2. The highest BCUT2D eigenvalue weighted by Gasteiger charge is 2.20. The van der Waals surface area contributed by atoms with Gasteiger partial charge in [0.05, 0.1) is 13.7 Å². The number of carbonyl (C=O) groups excluding carboxylic acids is 2. The topological polar surface area (TPSA) is 102 Å². The van der Waals surface area contributed by atoms with Gasteiger partial charge in [0.2, 0.25) is 15.9 Å². The van der Waals surface area contributed by atoms with Crippen LogP contribution >= 0.6 is 0 Å². The number of nitrogens with one attached hydrogen (secondary N) is 2. The molecule has 0 aromatic heterocycles. The van der Waals surface area contributed by atoms with Gasteiger partial charge >= 0.3 is 0 Å². The zero-order valence-electron chi connectivity index (χ0n) is 14.7. The van der Waals surface area contributed by atoms with E-state index in [0.717, 1.165) is 5.56 Å². The number of ether oxygens (including phenoxy) is 1. The van der Waals surface area contributed by atoms with Crippen molar-refractivity contribution < 1.29 is 22.7 Å². The average molecular weight is 376 g/mol. The minimum atomic E-state index is -3.92. The van der Waals surface area contributed by atoms with Crippen molar-refractivity contribution in [1.29, 1.82) is 0 Å². The van der Waals surface area contributed by atoms with Gasteiger partial charge in [-0.2, -0.15) is 0 Å². The normalized spacial score (nSPS) is 11.0. The van der Waals surface area contributed by atoms with Crippen LogP contribution in [0.25, 0.3) is 0 Å². The van der Waals surface area contributed by atoms with Crippen LogP contribution in [0.4, 0.5) is 5.69 Å². The molecule has 0 heterocycles. The van der Waals surface area contributed by atoms with Gasteiger partial charge in [0, 0.05) is 11.3 Å². The molecule has 0 saturated heterocycles. The third kappa shape index (κ3) is 4.90. The van der Waals surface area contributed by atoms with Crippen LogP contribution in [-0.4, -0.2) is 33.8 Å².